The number of benzene rings is 1. The Bertz CT molecular complexity index is 441. The summed E-state index contributed by atoms with van der Waals surface area (Å²) in [6, 6.07) is 4.77. The van der Waals surface area contributed by atoms with Gasteiger partial charge in [0.2, 0.25) is 0 Å². The Morgan fingerprint density at radius 3 is 2.74 bits per heavy atom. The predicted octanol–water partition coefficient (Wildman–Crippen LogP) is -0.884. The van der Waals surface area contributed by atoms with Crippen LogP contribution in [-0.2, 0) is 0 Å². The van der Waals surface area contributed by atoms with Crippen molar-refractivity contribution in [3.05, 3.63) is 23.8 Å². The fourth-order valence-corrected chi connectivity index (χ4v) is 2.41. The van der Waals surface area contributed by atoms with E-state index in [0.717, 1.165) is 6.54 Å². The van der Waals surface area contributed by atoms with Crippen LogP contribution < -0.4 is 19.5 Å². The maximum Gasteiger partial charge on any atom is 0.170 e. The van der Waals surface area contributed by atoms with Crippen molar-refractivity contribution in [1.82, 2.24) is 0 Å². The minimum Gasteiger partial charge on any atom is -0.545 e. The molecule has 0 unspecified atom stereocenters. The first-order valence-electron chi connectivity index (χ1n) is 6.57. The lowest BCUT2D eigenvalue weighted by molar-refractivity contribution is -0.887. The monoisotopic (exact) mass is 265 g/mol. The number of carbonyl (C=O) groups is 1. The van der Waals surface area contributed by atoms with Gasteiger partial charge in [-0.3, -0.25) is 0 Å². The first kappa shape index (κ1) is 13.7. The van der Waals surface area contributed by atoms with Crippen LogP contribution in [0.5, 0.6) is 11.5 Å². The molecule has 5 nitrogen and oxygen atoms in total. The number of methoxy groups -OCH3 is 1. The number of aromatic carboxylic acids is 1. The van der Waals surface area contributed by atoms with Crippen molar-refractivity contribution in [3.8, 4) is 11.5 Å². The summed E-state index contributed by atoms with van der Waals surface area (Å²) in [4.78, 5) is 12.6. The van der Waals surface area contributed by atoms with Crippen LogP contribution in [0.4, 0.5) is 0 Å². The van der Waals surface area contributed by atoms with Crippen molar-refractivity contribution in [2.75, 3.05) is 33.4 Å². The summed E-state index contributed by atoms with van der Waals surface area (Å²) in [5, 5.41) is 11.1. The zero-order valence-corrected chi connectivity index (χ0v) is 11.1. The molecule has 1 fully saturated rings. The van der Waals surface area contributed by atoms with Gasteiger partial charge >= 0.3 is 0 Å². The van der Waals surface area contributed by atoms with Gasteiger partial charge in [0, 0.05) is 18.4 Å². The van der Waals surface area contributed by atoms with Crippen molar-refractivity contribution in [2.24, 2.45) is 0 Å². The molecule has 0 amide bonds. The Hall–Kier alpha value is -1.75. The predicted molar refractivity (Wildman–Crippen MR) is 67.6 cm³/mol. The number of likely N-dealkylation sites (tertiary alicyclic amines) is 1. The van der Waals surface area contributed by atoms with Crippen molar-refractivity contribution in [2.45, 2.75) is 12.8 Å². The second-order valence-electron chi connectivity index (χ2n) is 4.68. The van der Waals surface area contributed by atoms with Crippen molar-refractivity contribution < 1.29 is 24.3 Å². The van der Waals surface area contributed by atoms with Gasteiger partial charge < -0.3 is 24.3 Å². The van der Waals surface area contributed by atoms with Crippen molar-refractivity contribution >= 4 is 5.97 Å². The van der Waals surface area contributed by atoms with Crippen LogP contribution in [0.15, 0.2) is 18.2 Å². The maximum atomic E-state index is 11.1. The Balaban J connectivity index is 2.02. The number of rotatable bonds is 6. The van der Waals surface area contributed by atoms with Gasteiger partial charge in [-0.05, 0) is 12.1 Å². The number of nitrogens with one attached hydrogen (secondary N) is 1. The summed E-state index contributed by atoms with van der Waals surface area (Å²) in [6.07, 6.45) is 2.52. The van der Waals surface area contributed by atoms with Gasteiger partial charge in [-0.2, -0.15) is 0 Å². The van der Waals surface area contributed by atoms with Gasteiger partial charge in [-0.25, -0.2) is 0 Å². The molecular formula is C14H19NO4. The average molecular weight is 265 g/mol. The molecule has 1 N–H and O–H groups in total. The van der Waals surface area contributed by atoms with E-state index in [1.54, 1.807) is 12.1 Å². The van der Waals surface area contributed by atoms with Crippen LogP contribution in [0.25, 0.3) is 0 Å². The number of quaternary nitrogens is 1. The molecular weight excluding hydrogens is 246 g/mol. The van der Waals surface area contributed by atoms with Crippen LogP contribution in [0.1, 0.15) is 23.2 Å². The lowest BCUT2D eigenvalue weighted by Crippen LogP contribution is -3.10. The van der Waals surface area contributed by atoms with Gasteiger partial charge in [0.05, 0.1) is 26.2 Å². The minimum absolute atomic E-state index is 0.0378. The molecule has 0 radical (unpaired) electrons. The summed E-state index contributed by atoms with van der Waals surface area (Å²) in [5.74, 6) is -0.552. The first-order valence-corrected chi connectivity index (χ1v) is 6.57. The molecule has 0 bridgehead atoms. The molecule has 104 valence electrons. The van der Waals surface area contributed by atoms with Crippen LogP contribution in [-0.4, -0.2) is 39.3 Å². The van der Waals surface area contributed by atoms with Crippen LogP contribution in [0.2, 0.25) is 0 Å². The smallest absolute Gasteiger partial charge is 0.170 e. The summed E-state index contributed by atoms with van der Waals surface area (Å²) < 4.78 is 10.8. The quantitative estimate of drug-likeness (QED) is 0.725. The number of para-hydroxylation sites is 1. The van der Waals surface area contributed by atoms with E-state index in [1.165, 1.54) is 44.0 Å². The summed E-state index contributed by atoms with van der Waals surface area (Å²) in [7, 11) is 1.49. The molecule has 0 aliphatic carbocycles. The van der Waals surface area contributed by atoms with Crippen LogP contribution >= 0.6 is 0 Å². The normalized spacial score (nSPS) is 15.4. The highest BCUT2D eigenvalue weighted by molar-refractivity contribution is 5.90. The van der Waals surface area contributed by atoms with Crippen LogP contribution in [0, 0.1) is 0 Å². The van der Waals surface area contributed by atoms with E-state index >= 15 is 0 Å². The number of carboxylic acids is 1. The third kappa shape index (κ3) is 3.38. The van der Waals surface area contributed by atoms with E-state index < -0.39 is 5.97 Å². The number of carbonyl (C=O) groups excluding carboxylic acids is 1. The number of carboxylic acid groups (broad SMARTS) is 1. The summed E-state index contributed by atoms with van der Waals surface area (Å²) in [6.45, 7) is 3.70. The molecule has 5 heteroatoms. The Morgan fingerprint density at radius 2 is 2.11 bits per heavy atom. The molecule has 2 rings (SSSR count). The van der Waals surface area contributed by atoms with Gasteiger partial charge in [0.15, 0.2) is 11.5 Å². The van der Waals surface area contributed by atoms with Gasteiger partial charge in [0.25, 0.3) is 0 Å². The van der Waals surface area contributed by atoms with E-state index in [2.05, 4.69) is 0 Å². The average Bonchev–Trinajstić information content (AvgIpc) is 2.91. The number of hydrogen-bond acceptors (Lipinski definition) is 4. The molecule has 19 heavy (non-hydrogen) atoms. The van der Waals surface area contributed by atoms with Crippen LogP contribution in [0.3, 0.4) is 0 Å². The van der Waals surface area contributed by atoms with Gasteiger partial charge in [-0.1, -0.05) is 6.07 Å². The van der Waals surface area contributed by atoms with E-state index in [0.29, 0.717) is 12.4 Å². The maximum absolute atomic E-state index is 11.1. The largest absolute Gasteiger partial charge is 0.545 e. The molecule has 1 aromatic rings. The molecule has 0 saturated carbocycles. The topological polar surface area (TPSA) is 63.0 Å². The highest BCUT2D eigenvalue weighted by atomic mass is 16.5. The summed E-state index contributed by atoms with van der Waals surface area (Å²) in [5.41, 5.74) is 0.0378. The summed E-state index contributed by atoms with van der Waals surface area (Å²) >= 11 is 0. The third-order valence-electron chi connectivity index (χ3n) is 3.43. The number of hydrogen-bond donors (Lipinski definition) is 1. The fourth-order valence-electron chi connectivity index (χ4n) is 2.41. The van der Waals surface area contributed by atoms with E-state index in [1.807, 2.05) is 0 Å². The zero-order valence-electron chi connectivity index (χ0n) is 11.1. The molecule has 0 aromatic heterocycles. The van der Waals surface area contributed by atoms with E-state index in [-0.39, 0.29) is 11.3 Å². The van der Waals surface area contributed by atoms with Crippen molar-refractivity contribution in [1.29, 1.82) is 0 Å². The highest BCUT2D eigenvalue weighted by Crippen LogP contribution is 2.30. The van der Waals surface area contributed by atoms with Gasteiger partial charge in [0.1, 0.15) is 13.2 Å². The SMILES string of the molecule is COc1cccc(C(=O)[O-])c1OCC[NH+]1CCCC1. The molecule has 1 heterocycles. The lowest BCUT2D eigenvalue weighted by atomic mass is 10.2. The van der Waals surface area contributed by atoms with Crippen molar-refractivity contribution in [3.63, 3.8) is 0 Å². The number of ether oxygens (including phenoxy) is 2. The Labute approximate surface area is 112 Å². The first-order chi connectivity index (χ1) is 9.22. The Kier molecular flexibility index (Phi) is 4.63. The molecule has 0 atom stereocenters. The van der Waals surface area contributed by atoms with Gasteiger partial charge in [-0.15, -0.1) is 0 Å². The molecule has 1 aromatic carbocycles. The molecule has 1 aliphatic rings. The molecule has 0 spiro atoms. The second kappa shape index (κ2) is 6.43. The molecule has 1 aliphatic heterocycles. The molecule has 1 saturated heterocycles. The fraction of sp³-hybridized carbons (Fsp3) is 0.500. The minimum atomic E-state index is -1.25. The van der Waals surface area contributed by atoms with E-state index in [9.17, 15) is 9.90 Å². The standard InChI is InChI=1S/C14H19NO4/c1-18-12-6-4-5-11(14(16)17)13(12)19-10-9-15-7-2-3-8-15/h4-6H,2-3,7-10H2,1H3,(H,16,17). The Morgan fingerprint density at radius 1 is 1.37 bits per heavy atom. The third-order valence-corrected chi connectivity index (χ3v) is 3.43. The van der Waals surface area contributed by atoms with E-state index in [4.69, 9.17) is 9.47 Å². The zero-order chi connectivity index (χ0) is 13.7. The lowest BCUT2D eigenvalue weighted by Gasteiger charge is -2.17. The second-order valence-corrected chi connectivity index (χ2v) is 4.68. The highest BCUT2D eigenvalue weighted by Gasteiger charge is 2.16.